The van der Waals surface area contributed by atoms with Crippen molar-refractivity contribution in [2.45, 2.75) is 38.9 Å². The van der Waals surface area contributed by atoms with Gasteiger partial charge >= 0.3 is 0 Å². The van der Waals surface area contributed by atoms with Crippen molar-refractivity contribution in [2.24, 2.45) is 5.41 Å². The molecule has 0 fully saturated rings. The lowest BCUT2D eigenvalue weighted by molar-refractivity contribution is -0.00000655. The molecule has 126 valence electrons. The van der Waals surface area contributed by atoms with Gasteiger partial charge in [-0.1, -0.05) is 12.2 Å². The fourth-order valence-corrected chi connectivity index (χ4v) is 2.60. The zero-order valence-electron chi connectivity index (χ0n) is 13.4. The van der Waals surface area contributed by atoms with Crippen LogP contribution >= 0.6 is 0 Å². The van der Waals surface area contributed by atoms with Gasteiger partial charge in [-0.15, -0.1) is 0 Å². The standard InChI is InChI=1S/C17H22O6/c1-16(2,23)5-4-9-6-11-10(14(21)13(9)20)7-12(19)17(3,8-18)15(11)22/h4-6,12,18-21,23H,7-8H2,1-3H3. The Bertz CT molecular complexity index is 671. The van der Waals surface area contributed by atoms with Gasteiger partial charge in [0.05, 0.1) is 23.7 Å². The van der Waals surface area contributed by atoms with Gasteiger partial charge in [0.15, 0.2) is 17.3 Å². The fourth-order valence-electron chi connectivity index (χ4n) is 2.60. The highest BCUT2D eigenvalue weighted by atomic mass is 16.3. The van der Waals surface area contributed by atoms with Gasteiger partial charge in [0.2, 0.25) is 0 Å². The van der Waals surface area contributed by atoms with Crippen molar-refractivity contribution in [3.05, 3.63) is 28.8 Å². The van der Waals surface area contributed by atoms with Crippen LogP contribution in [0.25, 0.3) is 6.08 Å². The summed E-state index contributed by atoms with van der Waals surface area (Å²) in [6.45, 7) is 4.02. The third-order valence-electron chi connectivity index (χ3n) is 4.30. The molecule has 0 aliphatic heterocycles. The van der Waals surface area contributed by atoms with Crippen LogP contribution in [0.3, 0.4) is 0 Å². The second-order valence-corrected chi connectivity index (χ2v) is 6.80. The molecule has 0 saturated carbocycles. The van der Waals surface area contributed by atoms with E-state index in [4.69, 9.17) is 0 Å². The summed E-state index contributed by atoms with van der Waals surface area (Å²) >= 11 is 0. The summed E-state index contributed by atoms with van der Waals surface area (Å²) in [7, 11) is 0. The second kappa shape index (κ2) is 5.63. The van der Waals surface area contributed by atoms with E-state index in [1.165, 1.54) is 25.1 Å². The van der Waals surface area contributed by atoms with E-state index in [2.05, 4.69) is 0 Å². The zero-order valence-corrected chi connectivity index (χ0v) is 13.4. The molecule has 2 unspecified atom stereocenters. The summed E-state index contributed by atoms with van der Waals surface area (Å²) in [4.78, 5) is 12.6. The van der Waals surface area contributed by atoms with E-state index >= 15 is 0 Å². The predicted octanol–water partition coefficient (Wildman–Crippen LogP) is 0.980. The van der Waals surface area contributed by atoms with Gasteiger partial charge in [-0.05, 0) is 26.8 Å². The summed E-state index contributed by atoms with van der Waals surface area (Å²) < 4.78 is 0. The molecule has 1 aromatic carbocycles. The van der Waals surface area contributed by atoms with Gasteiger partial charge in [0.1, 0.15) is 0 Å². The molecule has 2 atom stereocenters. The minimum atomic E-state index is -1.35. The fraction of sp³-hybridized carbons (Fsp3) is 0.471. The molecule has 0 heterocycles. The van der Waals surface area contributed by atoms with Crippen LogP contribution in [0.15, 0.2) is 12.1 Å². The molecule has 6 heteroatoms. The first kappa shape index (κ1) is 17.5. The maximum absolute atomic E-state index is 12.6. The maximum atomic E-state index is 12.6. The molecule has 1 aliphatic carbocycles. The molecule has 1 aliphatic rings. The number of benzene rings is 1. The number of fused-ring (bicyclic) bond motifs is 1. The molecule has 1 aromatic rings. The molecule has 0 bridgehead atoms. The summed E-state index contributed by atoms with van der Waals surface area (Å²) in [5.74, 6) is -1.39. The first-order valence-electron chi connectivity index (χ1n) is 7.34. The number of phenolic OH excluding ortho intramolecular Hbond substituents is 2. The van der Waals surface area contributed by atoms with Crippen molar-refractivity contribution in [1.29, 1.82) is 0 Å². The number of Topliss-reactive ketones (excluding diaryl/α,β-unsaturated/α-hetero) is 1. The number of carbonyl (C=O) groups excluding carboxylic acids is 1. The number of hydrogen-bond acceptors (Lipinski definition) is 6. The number of ketones is 1. The Morgan fingerprint density at radius 3 is 2.48 bits per heavy atom. The Hall–Kier alpha value is -1.89. The smallest absolute Gasteiger partial charge is 0.174 e. The largest absolute Gasteiger partial charge is 0.504 e. The Balaban J connectivity index is 2.61. The number of hydrogen-bond donors (Lipinski definition) is 5. The number of phenols is 2. The highest BCUT2D eigenvalue weighted by Gasteiger charge is 2.46. The quantitative estimate of drug-likeness (QED) is 0.529. The first-order chi connectivity index (χ1) is 10.5. The van der Waals surface area contributed by atoms with Gasteiger partial charge in [-0.3, -0.25) is 4.79 Å². The molecule has 0 radical (unpaired) electrons. The molecular weight excluding hydrogens is 300 g/mol. The van der Waals surface area contributed by atoms with E-state index in [9.17, 15) is 30.3 Å². The van der Waals surface area contributed by atoms with Crippen LogP contribution < -0.4 is 0 Å². The van der Waals surface area contributed by atoms with E-state index in [1.807, 2.05) is 0 Å². The number of aliphatic hydroxyl groups excluding tert-OH is 2. The zero-order chi connectivity index (χ0) is 17.6. The van der Waals surface area contributed by atoms with E-state index in [0.717, 1.165) is 0 Å². The average Bonchev–Trinajstić information content (AvgIpc) is 2.47. The SMILES string of the molecule is CC(C)(O)C=Cc1cc2c(c(O)c1O)CC(O)C(C)(CO)C2=O. The van der Waals surface area contributed by atoms with Crippen LogP contribution in [-0.4, -0.2) is 49.6 Å². The number of aromatic hydroxyl groups is 2. The maximum Gasteiger partial charge on any atom is 0.174 e. The monoisotopic (exact) mass is 322 g/mol. The lowest BCUT2D eigenvalue weighted by Gasteiger charge is -2.36. The van der Waals surface area contributed by atoms with Crippen LogP contribution in [0.1, 0.15) is 42.3 Å². The summed E-state index contributed by atoms with van der Waals surface area (Å²) in [6.07, 6.45) is 1.62. The van der Waals surface area contributed by atoms with Crippen LogP contribution in [0.5, 0.6) is 11.5 Å². The van der Waals surface area contributed by atoms with Crippen molar-refractivity contribution >= 4 is 11.9 Å². The van der Waals surface area contributed by atoms with Crippen LogP contribution in [-0.2, 0) is 6.42 Å². The van der Waals surface area contributed by atoms with Crippen molar-refractivity contribution in [3.63, 3.8) is 0 Å². The summed E-state index contributed by atoms with van der Waals surface area (Å²) in [5, 5.41) is 49.6. The minimum absolute atomic E-state index is 0.0486. The van der Waals surface area contributed by atoms with E-state index in [1.54, 1.807) is 13.8 Å². The second-order valence-electron chi connectivity index (χ2n) is 6.80. The Morgan fingerprint density at radius 1 is 1.35 bits per heavy atom. The van der Waals surface area contributed by atoms with E-state index < -0.39 is 41.0 Å². The van der Waals surface area contributed by atoms with Crippen molar-refractivity contribution in [2.75, 3.05) is 6.61 Å². The third-order valence-corrected chi connectivity index (χ3v) is 4.30. The van der Waals surface area contributed by atoms with E-state index in [0.29, 0.717) is 0 Å². The highest BCUT2D eigenvalue weighted by Crippen LogP contribution is 2.44. The first-order valence-corrected chi connectivity index (χ1v) is 7.34. The molecule has 6 nitrogen and oxygen atoms in total. The molecule has 0 amide bonds. The summed E-state index contributed by atoms with van der Waals surface area (Å²) in [5.41, 5.74) is -2.00. The number of carbonyl (C=O) groups is 1. The normalized spacial score (nSPS) is 25.0. The van der Waals surface area contributed by atoms with Crippen molar-refractivity contribution < 1.29 is 30.3 Å². The van der Waals surface area contributed by atoms with Gasteiger partial charge in [0, 0.05) is 23.1 Å². The molecule has 23 heavy (non-hydrogen) atoms. The van der Waals surface area contributed by atoms with Crippen molar-refractivity contribution in [1.82, 2.24) is 0 Å². The summed E-state index contributed by atoms with van der Waals surface area (Å²) in [6, 6.07) is 1.40. The molecular formula is C17H22O6. The Labute approximate surface area is 134 Å². The molecule has 5 N–H and O–H groups in total. The van der Waals surface area contributed by atoms with E-state index in [-0.39, 0.29) is 23.1 Å². The Morgan fingerprint density at radius 2 is 1.96 bits per heavy atom. The van der Waals surface area contributed by atoms with Gasteiger partial charge < -0.3 is 25.5 Å². The topological polar surface area (TPSA) is 118 Å². The molecule has 0 saturated heterocycles. The predicted molar refractivity (Wildman–Crippen MR) is 84.3 cm³/mol. The highest BCUT2D eigenvalue weighted by molar-refractivity contribution is 6.04. The van der Waals surface area contributed by atoms with Gasteiger partial charge in [0.25, 0.3) is 0 Å². The van der Waals surface area contributed by atoms with Crippen LogP contribution in [0.4, 0.5) is 0 Å². The molecule has 0 spiro atoms. The lowest BCUT2D eigenvalue weighted by atomic mass is 9.69. The molecule has 2 rings (SSSR count). The minimum Gasteiger partial charge on any atom is -0.504 e. The van der Waals surface area contributed by atoms with Crippen LogP contribution in [0, 0.1) is 5.41 Å². The van der Waals surface area contributed by atoms with Crippen molar-refractivity contribution in [3.8, 4) is 11.5 Å². The average molecular weight is 322 g/mol. The Kier molecular flexibility index (Phi) is 4.28. The van der Waals surface area contributed by atoms with Crippen LogP contribution in [0.2, 0.25) is 0 Å². The number of aliphatic hydroxyl groups is 3. The van der Waals surface area contributed by atoms with Gasteiger partial charge in [-0.2, -0.15) is 0 Å². The number of rotatable bonds is 3. The molecule has 0 aromatic heterocycles. The third kappa shape index (κ3) is 2.97. The lowest BCUT2D eigenvalue weighted by Crippen LogP contribution is -2.47. The van der Waals surface area contributed by atoms with Gasteiger partial charge in [-0.25, -0.2) is 0 Å².